The van der Waals surface area contributed by atoms with E-state index in [1.54, 1.807) is 23.5 Å². The normalized spacial score (nSPS) is 13.8. The van der Waals surface area contributed by atoms with E-state index >= 15 is 0 Å². The van der Waals surface area contributed by atoms with Crippen LogP contribution in [0.3, 0.4) is 0 Å². The zero-order valence-corrected chi connectivity index (χ0v) is 27.7. The Morgan fingerprint density at radius 1 is 1.05 bits per heavy atom. The Kier molecular flexibility index (Phi) is 9.62. The van der Waals surface area contributed by atoms with Crippen LogP contribution in [0.25, 0.3) is 5.00 Å². The van der Waals surface area contributed by atoms with E-state index in [2.05, 4.69) is 50.6 Å². The fourth-order valence-corrected chi connectivity index (χ4v) is 6.81. The van der Waals surface area contributed by atoms with Crippen LogP contribution in [0.2, 0.25) is 5.02 Å². The van der Waals surface area contributed by atoms with Crippen LogP contribution >= 0.6 is 38.9 Å². The Labute approximate surface area is 272 Å². The monoisotopic (exact) mass is 696 g/mol. The van der Waals surface area contributed by atoms with Gasteiger partial charge in [0.05, 0.1) is 24.8 Å². The summed E-state index contributed by atoms with van der Waals surface area (Å²) in [5, 5.41) is 16.2. The number of aromatic nitrogens is 3. The van der Waals surface area contributed by atoms with Crippen molar-refractivity contribution in [2.75, 3.05) is 20.2 Å². The highest BCUT2D eigenvalue weighted by molar-refractivity contribution is 9.10. The SMILES string of the molecule is COC(=O)c1ccc(C(=O)NCCCNC(=O)C[C@@H]2N=C(c3ccc(Cl)cc3)c3c(sc(C)c3C)-n3c(C)nnc32)cc1Br. The molecule has 44 heavy (non-hydrogen) atoms. The average Bonchev–Trinajstić information content (AvgIpc) is 3.48. The molecule has 0 radical (unpaired) electrons. The maximum Gasteiger partial charge on any atom is 0.339 e. The molecule has 2 aromatic heterocycles. The van der Waals surface area contributed by atoms with Gasteiger partial charge in [-0.05, 0) is 79.0 Å². The minimum Gasteiger partial charge on any atom is -0.465 e. The Bertz CT molecular complexity index is 1780. The number of hydrogen-bond acceptors (Lipinski definition) is 8. The second kappa shape index (κ2) is 13.4. The lowest BCUT2D eigenvalue weighted by Crippen LogP contribution is -2.30. The summed E-state index contributed by atoms with van der Waals surface area (Å²) in [6, 6.07) is 11.6. The van der Waals surface area contributed by atoms with E-state index in [1.165, 1.54) is 18.1 Å². The van der Waals surface area contributed by atoms with Crippen molar-refractivity contribution in [3.63, 3.8) is 0 Å². The molecule has 13 heteroatoms. The topological polar surface area (TPSA) is 128 Å². The smallest absolute Gasteiger partial charge is 0.339 e. The first-order chi connectivity index (χ1) is 21.1. The molecule has 1 aliphatic rings. The van der Waals surface area contributed by atoms with Gasteiger partial charge >= 0.3 is 5.97 Å². The standard InChI is InChI=1S/C31H30BrClN6O4S/c1-16-17(2)44-30-26(16)27(19-6-9-21(33)10-7-19)36-24(28-38-37-18(3)39(28)30)15-25(40)34-12-5-13-35-29(41)20-8-11-22(23(32)14-20)31(42)43-4/h6-11,14,24H,5,12-13,15H2,1-4H3,(H,34,40)(H,35,41)/t24-/m0/s1. The number of nitrogens with zero attached hydrogens (tertiary/aromatic N) is 4. The predicted octanol–water partition coefficient (Wildman–Crippen LogP) is 5.68. The predicted molar refractivity (Wildman–Crippen MR) is 173 cm³/mol. The van der Waals surface area contributed by atoms with Crippen LogP contribution in [-0.2, 0) is 9.53 Å². The van der Waals surface area contributed by atoms with Crippen molar-refractivity contribution in [2.45, 2.75) is 39.7 Å². The molecule has 228 valence electrons. The molecule has 4 aromatic rings. The number of carbonyl (C=O) groups excluding carboxylic acids is 3. The van der Waals surface area contributed by atoms with Crippen molar-refractivity contribution in [1.29, 1.82) is 0 Å². The maximum atomic E-state index is 13.1. The number of amides is 2. The molecular formula is C31H30BrClN6O4S. The first-order valence-electron chi connectivity index (χ1n) is 13.9. The van der Waals surface area contributed by atoms with Crippen LogP contribution in [0.5, 0.6) is 0 Å². The Morgan fingerprint density at radius 2 is 1.77 bits per heavy atom. The van der Waals surface area contributed by atoms with Crippen LogP contribution in [0.1, 0.15) is 72.8 Å². The van der Waals surface area contributed by atoms with E-state index in [4.69, 9.17) is 21.3 Å². The van der Waals surface area contributed by atoms with Gasteiger partial charge < -0.3 is 15.4 Å². The molecule has 0 saturated carbocycles. The van der Waals surface area contributed by atoms with Crippen molar-refractivity contribution >= 4 is 62.4 Å². The van der Waals surface area contributed by atoms with Crippen molar-refractivity contribution in [1.82, 2.24) is 25.4 Å². The second-order valence-electron chi connectivity index (χ2n) is 10.3. The number of aryl methyl sites for hydroxylation is 2. The lowest BCUT2D eigenvalue weighted by Gasteiger charge is -2.13. The summed E-state index contributed by atoms with van der Waals surface area (Å²) in [5.74, 6) is 0.368. The van der Waals surface area contributed by atoms with Gasteiger partial charge in [-0.3, -0.25) is 19.1 Å². The van der Waals surface area contributed by atoms with Crippen LogP contribution in [-0.4, -0.2) is 58.5 Å². The Balaban J connectivity index is 1.26. The molecule has 0 saturated heterocycles. The van der Waals surface area contributed by atoms with Crippen molar-refractivity contribution in [2.24, 2.45) is 4.99 Å². The summed E-state index contributed by atoms with van der Waals surface area (Å²) in [4.78, 5) is 43.8. The molecule has 3 heterocycles. The molecule has 0 spiro atoms. The Morgan fingerprint density at radius 3 is 2.48 bits per heavy atom. The molecule has 2 amide bonds. The molecule has 0 fully saturated rings. The largest absolute Gasteiger partial charge is 0.465 e. The van der Waals surface area contributed by atoms with Gasteiger partial charge in [0.15, 0.2) is 5.82 Å². The third-order valence-corrected chi connectivity index (χ3v) is 9.43. The van der Waals surface area contributed by atoms with E-state index in [0.717, 1.165) is 33.2 Å². The number of esters is 1. The lowest BCUT2D eigenvalue weighted by atomic mass is 9.99. The molecule has 0 aliphatic carbocycles. The molecule has 0 unspecified atom stereocenters. The van der Waals surface area contributed by atoms with Gasteiger partial charge in [-0.1, -0.05) is 23.7 Å². The van der Waals surface area contributed by atoms with Crippen molar-refractivity contribution < 1.29 is 19.1 Å². The fourth-order valence-electron chi connectivity index (χ4n) is 4.93. The molecule has 0 bridgehead atoms. The zero-order valence-electron chi connectivity index (χ0n) is 24.5. The lowest BCUT2D eigenvalue weighted by molar-refractivity contribution is -0.121. The number of rotatable bonds is 9. The quantitative estimate of drug-likeness (QED) is 0.171. The van der Waals surface area contributed by atoms with Gasteiger partial charge in [0.25, 0.3) is 5.91 Å². The summed E-state index contributed by atoms with van der Waals surface area (Å²) in [7, 11) is 1.30. The number of halogens is 2. The number of carbonyl (C=O) groups is 3. The first-order valence-corrected chi connectivity index (χ1v) is 15.9. The number of fused-ring (bicyclic) bond motifs is 3. The number of hydrogen-bond donors (Lipinski definition) is 2. The average molecular weight is 698 g/mol. The number of thiophene rings is 1. The maximum absolute atomic E-state index is 13.1. The number of methoxy groups -OCH3 is 1. The van der Waals surface area contributed by atoms with Gasteiger partial charge in [-0.2, -0.15) is 0 Å². The van der Waals surface area contributed by atoms with Gasteiger partial charge in [0, 0.05) is 44.2 Å². The van der Waals surface area contributed by atoms with E-state index in [-0.39, 0.29) is 18.2 Å². The number of benzene rings is 2. The third kappa shape index (κ3) is 6.47. The molecule has 1 aliphatic heterocycles. The van der Waals surface area contributed by atoms with Gasteiger partial charge in [-0.15, -0.1) is 21.5 Å². The van der Waals surface area contributed by atoms with Gasteiger partial charge in [0.1, 0.15) is 16.9 Å². The molecule has 2 aromatic carbocycles. The second-order valence-corrected chi connectivity index (χ2v) is 12.7. The van der Waals surface area contributed by atoms with Crippen LogP contribution in [0.4, 0.5) is 0 Å². The summed E-state index contributed by atoms with van der Waals surface area (Å²) in [5.41, 5.74) is 4.55. The summed E-state index contributed by atoms with van der Waals surface area (Å²) in [6.07, 6.45) is 0.600. The minimum absolute atomic E-state index is 0.0785. The Hall–Kier alpha value is -3.87. The van der Waals surface area contributed by atoms with Gasteiger partial charge in [0.2, 0.25) is 5.91 Å². The van der Waals surface area contributed by atoms with E-state index in [0.29, 0.717) is 46.0 Å². The van der Waals surface area contributed by atoms with Crippen LogP contribution < -0.4 is 10.6 Å². The third-order valence-electron chi connectivity index (χ3n) is 7.33. The van der Waals surface area contributed by atoms with E-state index in [1.807, 2.05) is 35.8 Å². The number of aliphatic imine (C=N–C) groups is 1. The molecule has 1 atom stereocenters. The summed E-state index contributed by atoms with van der Waals surface area (Å²) >= 11 is 11.1. The first kappa shape index (κ1) is 31.6. The van der Waals surface area contributed by atoms with Crippen LogP contribution in [0.15, 0.2) is 51.9 Å². The number of ether oxygens (including phenoxy) is 1. The van der Waals surface area contributed by atoms with E-state index in [9.17, 15) is 14.4 Å². The summed E-state index contributed by atoms with van der Waals surface area (Å²) in [6.45, 7) is 6.78. The molecule has 2 N–H and O–H groups in total. The summed E-state index contributed by atoms with van der Waals surface area (Å²) < 4.78 is 7.21. The minimum atomic E-state index is -0.563. The highest BCUT2D eigenvalue weighted by atomic mass is 79.9. The highest BCUT2D eigenvalue weighted by Gasteiger charge is 2.32. The van der Waals surface area contributed by atoms with Gasteiger partial charge in [-0.25, -0.2) is 4.79 Å². The van der Waals surface area contributed by atoms with E-state index < -0.39 is 12.0 Å². The highest BCUT2D eigenvalue weighted by Crippen LogP contribution is 2.39. The van der Waals surface area contributed by atoms with Crippen molar-refractivity contribution in [3.05, 3.63) is 96.3 Å². The van der Waals surface area contributed by atoms with Crippen LogP contribution in [0, 0.1) is 20.8 Å². The number of nitrogens with one attached hydrogen (secondary N) is 2. The molecule has 5 rings (SSSR count). The molecular weight excluding hydrogens is 668 g/mol. The fraction of sp³-hybridized carbons (Fsp3) is 0.290. The molecule has 10 nitrogen and oxygen atoms in total. The van der Waals surface area contributed by atoms with Crippen molar-refractivity contribution in [3.8, 4) is 5.00 Å². The zero-order chi connectivity index (χ0) is 31.5.